The Hall–Kier alpha value is -3.27. The Labute approximate surface area is 212 Å². The van der Waals surface area contributed by atoms with Crippen molar-refractivity contribution in [1.29, 1.82) is 0 Å². The molecule has 0 spiro atoms. The molecule has 4 rings (SSSR count). The molecule has 35 heavy (non-hydrogen) atoms. The third-order valence-electron chi connectivity index (χ3n) is 5.16. The quantitative estimate of drug-likeness (QED) is 0.457. The van der Waals surface area contributed by atoms with Crippen LogP contribution in [0.1, 0.15) is 17.3 Å². The average Bonchev–Trinajstić information content (AvgIpc) is 2.84. The molecule has 0 fully saturated rings. The molecule has 0 bridgehead atoms. The minimum Gasteiger partial charge on any atom is -0.476 e. The number of halogens is 2. The molecular formula is C24H20Cl2N2O6S. The molecule has 0 saturated heterocycles. The monoisotopic (exact) mass is 534 g/mol. The van der Waals surface area contributed by atoms with Crippen molar-refractivity contribution in [2.24, 2.45) is 0 Å². The minimum atomic E-state index is -4.03. The van der Waals surface area contributed by atoms with E-state index in [-0.39, 0.29) is 40.1 Å². The lowest BCUT2D eigenvalue weighted by atomic mass is 10.2. The molecule has 3 aromatic rings. The maximum absolute atomic E-state index is 13.4. The summed E-state index contributed by atoms with van der Waals surface area (Å²) in [5.74, 6) is -0.996. The summed E-state index contributed by atoms with van der Waals surface area (Å²) in [6.45, 7) is 1.56. The van der Waals surface area contributed by atoms with Gasteiger partial charge in [0, 0.05) is 10.7 Å². The molecule has 1 heterocycles. The molecule has 0 radical (unpaired) electrons. The number of carbonyl (C=O) groups is 2. The zero-order chi connectivity index (χ0) is 25.2. The number of hydrogen-bond acceptors (Lipinski definition) is 6. The molecule has 1 aliphatic heterocycles. The van der Waals surface area contributed by atoms with E-state index in [1.165, 1.54) is 42.5 Å². The standard InChI is InChI=1S/C24H20Cl2N2O6S/c1-2-33-24(30)18-13-16(9-12-19(18)26)27-23(29)22-14-28(20-5-3-4-6-21(20)34-22)35(31,32)17-10-7-15(25)8-11-17/h3-13,22H,2,14H2,1H3,(H,27,29)/t22-/m1/s1. The zero-order valence-corrected chi connectivity index (χ0v) is 20.7. The lowest BCUT2D eigenvalue weighted by molar-refractivity contribution is -0.122. The molecule has 11 heteroatoms. The fraction of sp³-hybridized carbons (Fsp3) is 0.167. The van der Waals surface area contributed by atoms with Crippen LogP contribution in [0.25, 0.3) is 0 Å². The van der Waals surface area contributed by atoms with E-state index in [2.05, 4.69) is 5.32 Å². The van der Waals surface area contributed by atoms with Crippen LogP contribution in [0.15, 0.2) is 71.6 Å². The molecule has 0 aromatic heterocycles. The fourth-order valence-corrected chi connectivity index (χ4v) is 5.29. The molecule has 0 aliphatic carbocycles. The number of hydrogen-bond donors (Lipinski definition) is 1. The molecule has 1 aliphatic rings. The second-order valence-corrected chi connectivity index (χ2v) is 10.2. The number of nitrogens with zero attached hydrogens (tertiary/aromatic N) is 1. The number of esters is 1. The molecule has 1 N–H and O–H groups in total. The Balaban J connectivity index is 1.62. The van der Waals surface area contributed by atoms with E-state index in [1.54, 1.807) is 31.2 Å². The Bertz CT molecular complexity index is 1380. The predicted molar refractivity (Wildman–Crippen MR) is 133 cm³/mol. The Morgan fingerprint density at radius 1 is 1.09 bits per heavy atom. The highest BCUT2D eigenvalue weighted by molar-refractivity contribution is 7.92. The third-order valence-corrected chi connectivity index (χ3v) is 7.53. The van der Waals surface area contributed by atoms with E-state index in [0.29, 0.717) is 10.7 Å². The number of rotatable bonds is 6. The van der Waals surface area contributed by atoms with Crippen LogP contribution in [0.3, 0.4) is 0 Å². The van der Waals surface area contributed by atoms with E-state index >= 15 is 0 Å². The Morgan fingerprint density at radius 2 is 1.80 bits per heavy atom. The van der Waals surface area contributed by atoms with Gasteiger partial charge in [0.2, 0.25) is 0 Å². The smallest absolute Gasteiger partial charge is 0.339 e. The summed E-state index contributed by atoms with van der Waals surface area (Å²) in [6, 6.07) is 16.7. The van der Waals surface area contributed by atoms with E-state index in [4.69, 9.17) is 32.7 Å². The fourth-order valence-electron chi connectivity index (χ4n) is 3.49. The van der Waals surface area contributed by atoms with Crippen molar-refractivity contribution in [2.45, 2.75) is 17.9 Å². The van der Waals surface area contributed by atoms with Crippen molar-refractivity contribution >= 4 is 56.5 Å². The molecule has 3 aromatic carbocycles. The van der Waals surface area contributed by atoms with Crippen LogP contribution < -0.4 is 14.4 Å². The SMILES string of the molecule is CCOC(=O)c1cc(NC(=O)[C@H]2CN(S(=O)(=O)c3ccc(Cl)cc3)c3ccccc3O2)ccc1Cl. The number of anilines is 2. The number of nitrogens with one attached hydrogen (secondary N) is 1. The number of fused-ring (bicyclic) bond motifs is 1. The summed E-state index contributed by atoms with van der Waals surface area (Å²) in [4.78, 5) is 25.2. The van der Waals surface area contributed by atoms with Gasteiger partial charge in [-0.15, -0.1) is 0 Å². The van der Waals surface area contributed by atoms with Gasteiger partial charge in [0.25, 0.3) is 15.9 Å². The van der Waals surface area contributed by atoms with Crippen LogP contribution in [0.2, 0.25) is 10.0 Å². The van der Waals surface area contributed by atoms with Crippen LogP contribution >= 0.6 is 23.2 Å². The van der Waals surface area contributed by atoms with Crippen molar-refractivity contribution in [3.05, 3.63) is 82.3 Å². The van der Waals surface area contributed by atoms with Crippen molar-refractivity contribution in [1.82, 2.24) is 0 Å². The van der Waals surface area contributed by atoms with Crippen LogP contribution in [-0.4, -0.2) is 39.5 Å². The molecule has 1 atom stereocenters. The zero-order valence-electron chi connectivity index (χ0n) is 18.4. The number of benzene rings is 3. The number of amides is 1. The van der Waals surface area contributed by atoms with Gasteiger partial charge in [0.15, 0.2) is 6.10 Å². The maximum Gasteiger partial charge on any atom is 0.339 e. The predicted octanol–water partition coefficient (Wildman–Crippen LogP) is 4.77. The largest absolute Gasteiger partial charge is 0.476 e. The van der Waals surface area contributed by atoms with Gasteiger partial charge in [-0.1, -0.05) is 35.3 Å². The first-order chi connectivity index (χ1) is 16.7. The maximum atomic E-state index is 13.4. The topological polar surface area (TPSA) is 102 Å². The van der Waals surface area contributed by atoms with Crippen LogP contribution in [0, 0.1) is 0 Å². The van der Waals surface area contributed by atoms with Gasteiger partial charge in [-0.3, -0.25) is 9.10 Å². The molecule has 0 unspecified atom stereocenters. The highest BCUT2D eigenvalue weighted by Gasteiger charge is 2.37. The summed E-state index contributed by atoms with van der Waals surface area (Å²) in [7, 11) is -4.03. The van der Waals surface area contributed by atoms with E-state index in [1.807, 2.05) is 0 Å². The number of carbonyl (C=O) groups excluding carboxylic acids is 2. The first-order valence-corrected chi connectivity index (χ1v) is 12.7. The van der Waals surface area contributed by atoms with Gasteiger partial charge in [-0.05, 0) is 61.5 Å². The van der Waals surface area contributed by atoms with Crippen molar-refractivity contribution in [3.8, 4) is 5.75 Å². The minimum absolute atomic E-state index is 0.0227. The first kappa shape index (κ1) is 24.8. The third kappa shape index (κ3) is 5.22. The summed E-state index contributed by atoms with van der Waals surface area (Å²) >= 11 is 12.0. The highest BCUT2D eigenvalue weighted by Crippen LogP contribution is 2.37. The normalized spacial score (nSPS) is 15.1. The van der Waals surface area contributed by atoms with Crippen LogP contribution in [-0.2, 0) is 19.6 Å². The lowest BCUT2D eigenvalue weighted by Crippen LogP contribution is -2.48. The highest BCUT2D eigenvalue weighted by atomic mass is 35.5. The number of para-hydroxylation sites is 2. The number of ether oxygens (including phenoxy) is 2. The van der Waals surface area contributed by atoms with Gasteiger partial charge in [0.1, 0.15) is 5.75 Å². The van der Waals surface area contributed by atoms with Crippen molar-refractivity contribution in [3.63, 3.8) is 0 Å². The van der Waals surface area contributed by atoms with Gasteiger partial charge in [-0.2, -0.15) is 0 Å². The second kappa shape index (κ2) is 10.2. The molecule has 1 amide bonds. The van der Waals surface area contributed by atoms with E-state index in [0.717, 1.165) is 4.31 Å². The van der Waals surface area contributed by atoms with Gasteiger partial charge in [0.05, 0.1) is 34.3 Å². The first-order valence-electron chi connectivity index (χ1n) is 10.5. The number of sulfonamides is 1. The lowest BCUT2D eigenvalue weighted by Gasteiger charge is -2.34. The molecule has 182 valence electrons. The summed E-state index contributed by atoms with van der Waals surface area (Å²) in [6.07, 6.45) is -1.17. The van der Waals surface area contributed by atoms with Gasteiger partial charge >= 0.3 is 5.97 Å². The second-order valence-electron chi connectivity index (χ2n) is 7.47. The van der Waals surface area contributed by atoms with E-state index < -0.39 is 28.0 Å². The van der Waals surface area contributed by atoms with Crippen molar-refractivity contribution < 1.29 is 27.5 Å². The summed E-state index contributed by atoms with van der Waals surface area (Å²) in [5, 5.41) is 3.22. The van der Waals surface area contributed by atoms with Crippen LogP contribution in [0.5, 0.6) is 5.75 Å². The summed E-state index contributed by atoms with van der Waals surface area (Å²) in [5.41, 5.74) is 0.674. The average molecular weight is 535 g/mol. The molecule has 0 saturated carbocycles. The summed E-state index contributed by atoms with van der Waals surface area (Å²) < 4.78 is 38.8. The van der Waals surface area contributed by atoms with Gasteiger partial charge in [-0.25, -0.2) is 13.2 Å². The Kier molecular flexibility index (Phi) is 7.20. The van der Waals surface area contributed by atoms with E-state index in [9.17, 15) is 18.0 Å². The molecule has 8 nitrogen and oxygen atoms in total. The van der Waals surface area contributed by atoms with Crippen LogP contribution in [0.4, 0.5) is 11.4 Å². The Morgan fingerprint density at radius 3 is 2.51 bits per heavy atom. The van der Waals surface area contributed by atoms with Gasteiger partial charge < -0.3 is 14.8 Å². The van der Waals surface area contributed by atoms with Crippen molar-refractivity contribution in [2.75, 3.05) is 22.8 Å². The molecular weight excluding hydrogens is 515 g/mol.